The molecule has 0 bridgehead atoms. The van der Waals surface area contributed by atoms with Gasteiger partial charge in [-0.3, -0.25) is 9.69 Å². The molecule has 0 spiro atoms. The van der Waals surface area contributed by atoms with Crippen LogP contribution in [0.1, 0.15) is 0 Å². The third-order valence-corrected chi connectivity index (χ3v) is 2.37. The Kier molecular flexibility index (Phi) is 4.74. The van der Waals surface area contributed by atoms with Crippen LogP contribution >= 0.6 is 0 Å². The molecule has 1 aliphatic rings. The van der Waals surface area contributed by atoms with E-state index < -0.39 is 6.10 Å². The highest BCUT2D eigenvalue weighted by Crippen LogP contribution is 2.09. The second kappa shape index (κ2) is 5.85. The number of hydrogen-bond donors (Lipinski definition) is 2. The molecular weight excluding hydrogens is 196 g/mol. The van der Waals surface area contributed by atoms with Crippen LogP contribution in [0.3, 0.4) is 0 Å². The molecule has 5 nitrogen and oxygen atoms in total. The van der Waals surface area contributed by atoms with Crippen LogP contribution in [0.15, 0.2) is 12.7 Å². The molecule has 1 heterocycles. The number of nitrogens with one attached hydrogen (secondary N) is 1. The van der Waals surface area contributed by atoms with Gasteiger partial charge in [0.15, 0.2) is 0 Å². The molecule has 1 fully saturated rings. The minimum atomic E-state index is -0.509. The number of rotatable bonds is 5. The van der Waals surface area contributed by atoms with Gasteiger partial charge in [-0.1, -0.05) is 6.08 Å². The number of carbonyl (C=O) groups is 1. The molecular formula is C10H18N2O3. The van der Waals surface area contributed by atoms with E-state index in [9.17, 15) is 9.90 Å². The van der Waals surface area contributed by atoms with E-state index in [0.717, 1.165) is 6.54 Å². The maximum atomic E-state index is 11.2. The van der Waals surface area contributed by atoms with Crippen molar-refractivity contribution in [3.63, 3.8) is 0 Å². The van der Waals surface area contributed by atoms with Crippen molar-refractivity contribution in [2.24, 2.45) is 0 Å². The number of carbonyl (C=O) groups excluding carboxylic acids is 1. The van der Waals surface area contributed by atoms with Crippen LogP contribution in [0.5, 0.6) is 0 Å². The van der Waals surface area contributed by atoms with Crippen molar-refractivity contribution in [1.29, 1.82) is 0 Å². The Morgan fingerprint density at radius 3 is 3.07 bits per heavy atom. The smallest absolute Gasteiger partial charge is 0.246 e. The fraction of sp³-hybridized carbons (Fsp3) is 0.700. The van der Waals surface area contributed by atoms with Crippen LogP contribution in [0, 0.1) is 0 Å². The Morgan fingerprint density at radius 2 is 2.47 bits per heavy atom. The molecule has 2 N–H and O–H groups in total. The molecule has 1 saturated heterocycles. The van der Waals surface area contributed by atoms with Crippen LogP contribution < -0.4 is 5.32 Å². The summed E-state index contributed by atoms with van der Waals surface area (Å²) in [5.74, 6) is -0.193. The van der Waals surface area contributed by atoms with Gasteiger partial charge in [0.1, 0.15) is 6.61 Å². The Hall–Kier alpha value is -0.910. The number of amides is 1. The monoisotopic (exact) mass is 214 g/mol. The number of aliphatic hydroxyl groups excluding tert-OH is 1. The normalized spacial score (nSPS) is 26.5. The lowest BCUT2D eigenvalue weighted by Crippen LogP contribution is -2.44. The maximum absolute atomic E-state index is 11.2. The molecule has 0 aromatic rings. The number of aliphatic hydroxyl groups is 1. The predicted octanol–water partition coefficient (Wildman–Crippen LogP) is -1.02. The summed E-state index contributed by atoms with van der Waals surface area (Å²) in [5.41, 5.74) is 0. The molecule has 1 rings (SSSR count). The minimum absolute atomic E-state index is 0.0324. The molecule has 1 aliphatic heterocycles. The first-order valence-corrected chi connectivity index (χ1v) is 4.97. The molecule has 5 heteroatoms. The van der Waals surface area contributed by atoms with E-state index in [-0.39, 0.29) is 18.6 Å². The predicted molar refractivity (Wildman–Crippen MR) is 56.5 cm³/mol. The molecule has 0 aliphatic carbocycles. The van der Waals surface area contributed by atoms with Gasteiger partial charge >= 0.3 is 0 Å². The number of likely N-dealkylation sites (tertiary alicyclic amines) is 1. The third kappa shape index (κ3) is 3.62. The summed E-state index contributed by atoms with van der Waals surface area (Å²) in [6.07, 6.45) is 1.28. The van der Waals surface area contributed by atoms with Gasteiger partial charge in [-0.05, 0) is 0 Å². The van der Waals surface area contributed by atoms with Crippen molar-refractivity contribution < 1.29 is 14.6 Å². The summed E-state index contributed by atoms with van der Waals surface area (Å²) in [5, 5.41) is 12.4. The summed E-state index contributed by atoms with van der Waals surface area (Å²) < 4.78 is 4.70. The van der Waals surface area contributed by atoms with E-state index >= 15 is 0 Å². The quantitative estimate of drug-likeness (QED) is 0.575. The van der Waals surface area contributed by atoms with Gasteiger partial charge in [-0.15, -0.1) is 6.58 Å². The number of nitrogens with zero attached hydrogens (tertiary/aromatic N) is 1. The largest absolute Gasteiger partial charge is 0.390 e. The fourth-order valence-corrected chi connectivity index (χ4v) is 1.72. The van der Waals surface area contributed by atoms with Crippen molar-refractivity contribution in [2.45, 2.75) is 12.1 Å². The van der Waals surface area contributed by atoms with E-state index in [4.69, 9.17) is 4.74 Å². The van der Waals surface area contributed by atoms with Crippen LogP contribution in [-0.4, -0.2) is 61.4 Å². The van der Waals surface area contributed by atoms with Crippen molar-refractivity contribution in [3.8, 4) is 0 Å². The SMILES string of the molecule is C=CCN1C[C@@H](O)[C@H](NC(=O)COC)C1. The molecule has 15 heavy (non-hydrogen) atoms. The number of hydrogen-bond acceptors (Lipinski definition) is 4. The number of ether oxygens (including phenoxy) is 1. The topological polar surface area (TPSA) is 61.8 Å². The fourth-order valence-electron chi connectivity index (χ4n) is 1.72. The molecule has 0 aromatic carbocycles. The van der Waals surface area contributed by atoms with Gasteiger partial charge in [0, 0.05) is 26.7 Å². The standard InChI is InChI=1S/C10H18N2O3/c1-3-4-12-5-8(9(13)6-12)11-10(14)7-15-2/h3,8-9,13H,1,4-7H2,2H3,(H,11,14)/t8-,9-/m1/s1. The van der Waals surface area contributed by atoms with Gasteiger partial charge in [0.05, 0.1) is 12.1 Å². The Morgan fingerprint density at radius 1 is 1.73 bits per heavy atom. The zero-order chi connectivity index (χ0) is 11.3. The van der Waals surface area contributed by atoms with E-state index in [0.29, 0.717) is 13.1 Å². The highest BCUT2D eigenvalue weighted by molar-refractivity contribution is 5.77. The third-order valence-electron chi connectivity index (χ3n) is 2.37. The van der Waals surface area contributed by atoms with Crippen LogP contribution in [0.25, 0.3) is 0 Å². The zero-order valence-corrected chi connectivity index (χ0v) is 8.98. The Labute approximate surface area is 89.7 Å². The van der Waals surface area contributed by atoms with Crippen molar-refractivity contribution in [1.82, 2.24) is 10.2 Å². The summed E-state index contributed by atoms with van der Waals surface area (Å²) >= 11 is 0. The minimum Gasteiger partial charge on any atom is -0.390 e. The second-order valence-electron chi connectivity index (χ2n) is 3.68. The van der Waals surface area contributed by atoms with Crippen LogP contribution in [-0.2, 0) is 9.53 Å². The molecule has 2 atom stereocenters. The van der Waals surface area contributed by atoms with E-state index in [1.807, 2.05) is 4.90 Å². The zero-order valence-electron chi connectivity index (χ0n) is 8.98. The van der Waals surface area contributed by atoms with Crippen LogP contribution in [0.4, 0.5) is 0 Å². The van der Waals surface area contributed by atoms with Gasteiger partial charge < -0.3 is 15.2 Å². The molecule has 0 unspecified atom stereocenters. The Balaban J connectivity index is 2.36. The summed E-state index contributed by atoms with van der Waals surface area (Å²) in [6.45, 7) is 5.63. The first kappa shape index (κ1) is 12.2. The van der Waals surface area contributed by atoms with E-state index in [1.165, 1.54) is 7.11 Å². The first-order chi connectivity index (χ1) is 7.17. The molecule has 0 aromatic heterocycles. The van der Waals surface area contributed by atoms with Gasteiger partial charge in [-0.25, -0.2) is 0 Å². The lowest BCUT2D eigenvalue weighted by Gasteiger charge is -2.15. The van der Waals surface area contributed by atoms with Gasteiger partial charge in [0.2, 0.25) is 5.91 Å². The lowest BCUT2D eigenvalue weighted by molar-refractivity contribution is -0.125. The average Bonchev–Trinajstić information content (AvgIpc) is 2.48. The number of β-amino-alcohol motifs (C(OH)–C–C–N with tert-alkyl or cyclic N) is 1. The highest BCUT2D eigenvalue weighted by Gasteiger charge is 2.31. The highest BCUT2D eigenvalue weighted by atomic mass is 16.5. The van der Waals surface area contributed by atoms with Crippen molar-refractivity contribution in [2.75, 3.05) is 33.4 Å². The lowest BCUT2D eigenvalue weighted by atomic mass is 10.2. The van der Waals surface area contributed by atoms with Gasteiger partial charge in [-0.2, -0.15) is 0 Å². The maximum Gasteiger partial charge on any atom is 0.246 e. The second-order valence-corrected chi connectivity index (χ2v) is 3.68. The van der Waals surface area contributed by atoms with E-state index in [1.54, 1.807) is 6.08 Å². The summed E-state index contributed by atoms with van der Waals surface area (Å²) in [6, 6.07) is -0.201. The van der Waals surface area contributed by atoms with E-state index in [2.05, 4.69) is 11.9 Å². The molecule has 86 valence electrons. The van der Waals surface area contributed by atoms with Gasteiger partial charge in [0.25, 0.3) is 0 Å². The first-order valence-electron chi connectivity index (χ1n) is 4.97. The molecule has 1 amide bonds. The molecule has 0 radical (unpaired) electrons. The van der Waals surface area contributed by atoms with Crippen LogP contribution in [0.2, 0.25) is 0 Å². The number of methoxy groups -OCH3 is 1. The van der Waals surface area contributed by atoms with Crippen molar-refractivity contribution >= 4 is 5.91 Å². The van der Waals surface area contributed by atoms with Crippen molar-refractivity contribution in [3.05, 3.63) is 12.7 Å². The average molecular weight is 214 g/mol. The Bertz CT molecular complexity index is 233. The molecule has 0 saturated carbocycles. The summed E-state index contributed by atoms with van der Waals surface area (Å²) in [4.78, 5) is 13.3. The summed E-state index contributed by atoms with van der Waals surface area (Å²) in [7, 11) is 1.47.